The second kappa shape index (κ2) is 15.6. The number of esters is 1. The number of carbonyl (C=O) groups excluding carboxylic acids is 5. The van der Waals surface area contributed by atoms with E-state index in [4.69, 9.17) is 19.3 Å². The third-order valence-corrected chi connectivity index (χ3v) is 7.25. The first-order valence-electron chi connectivity index (χ1n) is 15.5. The van der Waals surface area contributed by atoms with E-state index in [1.54, 1.807) is 38.7 Å². The van der Waals surface area contributed by atoms with E-state index in [9.17, 15) is 24.0 Å². The van der Waals surface area contributed by atoms with Crippen LogP contribution in [0.1, 0.15) is 76.0 Å². The molecule has 0 spiro atoms. The van der Waals surface area contributed by atoms with Crippen molar-refractivity contribution < 1.29 is 38.3 Å². The maximum Gasteiger partial charge on any atom is 0.527 e. The summed E-state index contributed by atoms with van der Waals surface area (Å²) in [6.45, 7) is 8.03. The molecule has 13 nitrogen and oxygen atoms in total. The Balaban J connectivity index is 1.56. The topological polar surface area (TPSA) is 157 Å². The fraction of sp³-hybridized carbons (Fsp3) is 0.485. The van der Waals surface area contributed by atoms with E-state index in [-0.39, 0.29) is 57.1 Å². The van der Waals surface area contributed by atoms with E-state index in [2.05, 4.69) is 10.3 Å². The van der Waals surface area contributed by atoms with Crippen molar-refractivity contribution in [2.24, 2.45) is 0 Å². The number of allylic oxidation sites excluding steroid dienone is 2. The van der Waals surface area contributed by atoms with Crippen LogP contribution in [0.5, 0.6) is 0 Å². The summed E-state index contributed by atoms with van der Waals surface area (Å²) in [6, 6.07) is 9.70. The van der Waals surface area contributed by atoms with Gasteiger partial charge in [-0.05, 0) is 52.2 Å². The van der Waals surface area contributed by atoms with E-state index in [0.717, 1.165) is 5.57 Å². The molecule has 2 heterocycles. The molecule has 2 aromatic rings. The molecule has 1 saturated heterocycles. The monoisotopic (exact) mass is 635 g/mol. The smallest absolute Gasteiger partial charge is 0.460 e. The number of hydrogen-bond donors (Lipinski definition) is 1. The number of Topliss-reactive ketones (excluding diaryl/α,β-unsaturated/α-hetero) is 1. The van der Waals surface area contributed by atoms with Gasteiger partial charge in [0, 0.05) is 37.9 Å². The van der Waals surface area contributed by atoms with Crippen molar-refractivity contribution in [3.8, 4) is 11.4 Å². The molecule has 0 unspecified atom stereocenters. The molecule has 13 heteroatoms. The predicted molar refractivity (Wildman–Crippen MR) is 167 cm³/mol. The lowest BCUT2D eigenvalue weighted by atomic mass is 9.95. The first kappa shape index (κ1) is 34.2. The number of amides is 2. The Labute approximate surface area is 268 Å². The summed E-state index contributed by atoms with van der Waals surface area (Å²) >= 11 is 0. The van der Waals surface area contributed by atoms with Gasteiger partial charge in [-0.2, -0.15) is 0 Å². The second-order valence-corrected chi connectivity index (χ2v) is 12.0. The summed E-state index contributed by atoms with van der Waals surface area (Å²) in [5.41, 5.74) is 1.41. The Bertz CT molecular complexity index is 1460. The van der Waals surface area contributed by atoms with Crippen molar-refractivity contribution >= 4 is 35.3 Å². The van der Waals surface area contributed by atoms with E-state index in [0.29, 0.717) is 36.3 Å². The Hall–Kier alpha value is -4.65. The molecule has 4 rings (SSSR count). The van der Waals surface area contributed by atoms with Crippen molar-refractivity contribution in [3.05, 3.63) is 53.9 Å². The Kier molecular flexibility index (Phi) is 11.6. The van der Waals surface area contributed by atoms with Gasteiger partial charge in [0.05, 0.1) is 25.4 Å². The highest BCUT2D eigenvalue weighted by molar-refractivity contribution is 5.97. The number of hydroxylamine groups is 2. The summed E-state index contributed by atoms with van der Waals surface area (Å²) in [7, 11) is 0. The summed E-state index contributed by atoms with van der Waals surface area (Å²) in [5, 5.41) is 4.22. The van der Waals surface area contributed by atoms with Crippen LogP contribution < -0.4 is 5.32 Å². The fourth-order valence-corrected chi connectivity index (χ4v) is 5.01. The number of hydrogen-bond acceptors (Lipinski definition) is 11. The molecule has 1 aromatic carbocycles. The molecular weight excluding hydrogens is 594 g/mol. The third-order valence-electron chi connectivity index (χ3n) is 7.25. The van der Waals surface area contributed by atoms with Crippen LogP contribution in [0.4, 0.5) is 4.79 Å². The maximum absolute atomic E-state index is 13.8. The molecule has 0 radical (unpaired) electrons. The van der Waals surface area contributed by atoms with Crippen LogP contribution in [0, 0.1) is 0 Å². The molecule has 1 atom stereocenters. The number of nitrogens with one attached hydrogen (secondary N) is 1. The Morgan fingerprint density at radius 3 is 2.35 bits per heavy atom. The van der Waals surface area contributed by atoms with Crippen LogP contribution in [0.15, 0.2) is 42.5 Å². The summed E-state index contributed by atoms with van der Waals surface area (Å²) < 4.78 is 10.3. The molecule has 0 saturated carbocycles. The summed E-state index contributed by atoms with van der Waals surface area (Å²) in [6.07, 6.45) is 2.07. The van der Waals surface area contributed by atoms with Gasteiger partial charge in [-0.15, -0.1) is 5.06 Å². The number of rotatable bonds is 10. The van der Waals surface area contributed by atoms with Crippen molar-refractivity contribution in [1.29, 1.82) is 0 Å². The zero-order chi connectivity index (χ0) is 33.3. The van der Waals surface area contributed by atoms with Gasteiger partial charge in [-0.3, -0.25) is 19.2 Å². The van der Waals surface area contributed by atoms with Gasteiger partial charge in [0.1, 0.15) is 23.1 Å². The van der Waals surface area contributed by atoms with E-state index < -0.39 is 35.6 Å². The lowest BCUT2D eigenvalue weighted by Gasteiger charge is -2.35. The maximum atomic E-state index is 13.8. The highest BCUT2D eigenvalue weighted by atomic mass is 16.8. The minimum absolute atomic E-state index is 0.00419. The van der Waals surface area contributed by atoms with Crippen molar-refractivity contribution in [2.75, 3.05) is 32.8 Å². The molecule has 1 aromatic heterocycles. The largest absolute Gasteiger partial charge is 0.527 e. The molecule has 2 amide bonds. The van der Waals surface area contributed by atoms with Crippen LogP contribution in [-0.2, 0) is 28.7 Å². The lowest BCUT2D eigenvalue weighted by Crippen LogP contribution is -2.55. The number of piperazine rings is 1. The Morgan fingerprint density at radius 1 is 1.00 bits per heavy atom. The van der Waals surface area contributed by atoms with Gasteiger partial charge in [-0.1, -0.05) is 36.4 Å². The van der Waals surface area contributed by atoms with E-state index in [1.807, 2.05) is 36.4 Å². The van der Waals surface area contributed by atoms with Crippen molar-refractivity contribution in [2.45, 2.75) is 71.4 Å². The first-order chi connectivity index (χ1) is 21.9. The van der Waals surface area contributed by atoms with Gasteiger partial charge in [0.25, 0.3) is 5.91 Å². The second-order valence-electron chi connectivity index (χ2n) is 12.0. The van der Waals surface area contributed by atoms with Crippen LogP contribution in [-0.4, -0.2) is 94.1 Å². The molecular formula is C33H41N5O8. The molecule has 2 aliphatic rings. The predicted octanol–water partition coefficient (Wildman–Crippen LogP) is 3.73. The average Bonchev–Trinajstić information content (AvgIpc) is 3.03. The molecule has 46 heavy (non-hydrogen) atoms. The zero-order valence-electron chi connectivity index (χ0n) is 26.7. The number of nitrogens with zero attached hydrogens (tertiary/aromatic N) is 4. The summed E-state index contributed by atoms with van der Waals surface area (Å²) in [4.78, 5) is 79.6. The van der Waals surface area contributed by atoms with Crippen LogP contribution in [0.3, 0.4) is 0 Å². The van der Waals surface area contributed by atoms with Crippen molar-refractivity contribution in [3.63, 3.8) is 0 Å². The minimum atomic E-state index is -1.07. The number of ether oxygens (including phenoxy) is 2. The zero-order valence-corrected chi connectivity index (χ0v) is 26.7. The Morgan fingerprint density at radius 2 is 1.72 bits per heavy atom. The molecule has 1 N–H and O–H groups in total. The molecule has 1 aliphatic carbocycles. The van der Waals surface area contributed by atoms with Crippen molar-refractivity contribution in [1.82, 2.24) is 25.2 Å². The van der Waals surface area contributed by atoms with Crippen LogP contribution in [0.2, 0.25) is 0 Å². The standard InChI is InChI=1S/C33H41N5O8/c1-5-44-32(43)46-38-19-17-37(18-20-38)31(42)25(15-16-28(40)45-33(2,3)4)36-30(41)27-21-26(22-11-13-24(39)14-12-22)34-29(35-27)23-9-7-6-8-10-23/h6-11,21,25H,5,12-20H2,1-4H3,(H,36,41)/t25-/m0/s1. The van der Waals surface area contributed by atoms with Gasteiger partial charge >= 0.3 is 12.1 Å². The first-order valence-corrected chi connectivity index (χ1v) is 15.5. The van der Waals surface area contributed by atoms with Gasteiger partial charge in [0.15, 0.2) is 5.82 Å². The van der Waals surface area contributed by atoms with Crippen LogP contribution >= 0.6 is 0 Å². The minimum Gasteiger partial charge on any atom is -0.460 e. The van der Waals surface area contributed by atoms with E-state index in [1.165, 1.54) is 5.06 Å². The molecule has 1 fully saturated rings. The van der Waals surface area contributed by atoms with Gasteiger partial charge < -0.3 is 24.5 Å². The fourth-order valence-electron chi connectivity index (χ4n) is 5.01. The number of ketones is 1. The average molecular weight is 636 g/mol. The van der Waals surface area contributed by atoms with Crippen LogP contribution in [0.25, 0.3) is 17.0 Å². The van der Waals surface area contributed by atoms with Gasteiger partial charge in [0.2, 0.25) is 5.91 Å². The number of benzene rings is 1. The van der Waals surface area contributed by atoms with Gasteiger partial charge in [-0.25, -0.2) is 14.8 Å². The SMILES string of the molecule is CCOC(=O)ON1CCN(C(=O)[C@H](CCC(=O)OC(C)(C)C)NC(=O)c2cc(C3=CCC(=O)CC3)nc(-c3ccccc3)n2)CC1. The lowest BCUT2D eigenvalue weighted by molar-refractivity contribution is -0.158. The number of carbonyl (C=O) groups is 5. The quantitative estimate of drug-likeness (QED) is 0.379. The molecule has 246 valence electrons. The number of aromatic nitrogens is 2. The van der Waals surface area contributed by atoms with E-state index >= 15 is 0 Å². The highest BCUT2D eigenvalue weighted by Gasteiger charge is 2.32. The highest BCUT2D eigenvalue weighted by Crippen LogP contribution is 2.26. The summed E-state index contributed by atoms with van der Waals surface area (Å²) in [5.74, 6) is -1.03. The molecule has 0 bridgehead atoms. The third kappa shape index (κ3) is 9.93. The normalized spacial score (nSPS) is 16.2. The molecule has 1 aliphatic heterocycles.